The van der Waals surface area contributed by atoms with Gasteiger partial charge >= 0.3 is 0 Å². The van der Waals surface area contributed by atoms with E-state index < -0.39 is 0 Å². The number of primary amides is 1. The van der Waals surface area contributed by atoms with Crippen molar-refractivity contribution >= 4 is 23.2 Å². The van der Waals surface area contributed by atoms with Crippen LogP contribution in [0.4, 0.5) is 11.4 Å². The number of hydrogen-bond acceptors (Lipinski definition) is 4. The Labute approximate surface area is 124 Å². The van der Waals surface area contributed by atoms with E-state index in [1.165, 1.54) is 0 Å². The Balaban J connectivity index is 1.82. The number of anilines is 2. The highest BCUT2D eigenvalue weighted by atomic mass is 16.2. The highest BCUT2D eigenvalue weighted by molar-refractivity contribution is 5.92. The van der Waals surface area contributed by atoms with Gasteiger partial charge < -0.3 is 16.8 Å². The Hall–Kier alpha value is -2.08. The van der Waals surface area contributed by atoms with E-state index in [9.17, 15) is 9.59 Å². The number of nitrogens with two attached hydrogens (primary N) is 2. The monoisotopic (exact) mass is 290 g/mol. The Morgan fingerprint density at radius 2 is 2.00 bits per heavy atom. The van der Waals surface area contributed by atoms with Crippen molar-refractivity contribution in [3.05, 3.63) is 23.8 Å². The average Bonchev–Trinajstić information content (AvgIpc) is 2.43. The maximum atomic E-state index is 12.0. The molecule has 114 valence electrons. The number of carbonyl (C=O) groups is 2. The van der Waals surface area contributed by atoms with E-state index in [2.05, 4.69) is 5.32 Å². The molecule has 1 saturated heterocycles. The van der Waals surface area contributed by atoms with E-state index in [1.54, 1.807) is 6.07 Å². The summed E-state index contributed by atoms with van der Waals surface area (Å²) in [6.45, 7) is 3.68. The molecular formula is C15H22N4O2. The molecule has 1 aliphatic rings. The second-order valence-corrected chi connectivity index (χ2v) is 5.57. The Morgan fingerprint density at radius 3 is 2.57 bits per heavy atom. The number of piperidine rings is 1. The summed E-state index contributed by atoms with van der Waals surface area (Å²) in [6, 6.07) is 5.47. The highest BCUT2D eigenvalue weighted by Gasteiger charge is 2.24. The summed E-state index contributed by atoms with van der Waals surface area (Å²) < 4.78 is 0. The predicted octanol–water partition coefficient (Wildman–Crippen LogP) is 0.713. The van der Waals surface area contributed by atoms with Gasteiger partial charge in [-0.15, -0.1) is 0 Å². The maximum absolute atomic E-state index is 12.0. The number of nitrogens with zero attached hydrogens (tertiary/aromatic N) is 1. The van der Waals surface area contributed by atoms with Gasteiger partial charge in [0.15, 0.2) is 0 Å². The van der Waals surface area contributed by atoms with Crippen molar-refractivity contribution < 1.29 is 9.59 Å². The van der Waals surface area contributed by atoms with Crippen LogP contribution < -0.4 is 16.8 Å². The fourth-order valence-corrected chi connectivity index (χ4v) is 2.50. The zero-order valence-corrected chi connectivity index (χ0v) is 12.3. The van der Waals surface area contributed by atoms with E-state index in [-0.39, 0.29) is 17.7 Å². The molecule has 0 spiro atoms. The second-order valence-electron chi connectivity index (χ2n) is 5.57. The summed E-state index contributed by atoms with van der Waals surface area (Å²) in [5.41, 5.74) is 13.5. The van der Waals surface area contributed by atoms with Crippen molar-refractivity contribution in [2.24, 2.45) is 11.7 Å². The van der Waals surface area contributed by atoms with Crippen LogP contribution in [-0.2, 0) is 9.59 Å². The van der Waals surface area contributed by atoms with Gasteiger partial charge in [0, 0.05) is 17.3 Å². The highest BCUT2D eigenvalue weighted by Crippen LogP contribution is 2.18. The predicted molar refractivity (Wildman–Crippen MR) is 82.6 cm³/mol. The molecule has 1 aromatic carbocycles. The molecule has 2 amide bonds. The first-order valence-electron chi connectivity index (χ1n) is 7.13. The van der Waals surface area contributed by atoms with Crippen molar-refractivity contribution in [1.82, 2.24) is 4.90 Å². The van der Waals surface area contributed by atoms with Gasteiger partial charge in [-0.1, -0.05) is 6.07 Å². The van der Waals surface area contributed by atoms with Crippen LogP contribution in [0.15, 0.2) is 18.2 Å². The summed E-state index contributed by atoms with van der Waals surface area (Å²) in [5.74, 6) is -0.369. The van der Waals surface area contributed by atoms with Crippen LogP contribution >= 0.6 is 0 Å². The number of carbonyl (C=O) groups excluding carboxylic acids is 2. The molecule has 0 saturated carbocycles. The Bertz CT molecular complexity index is 536. The third-order valence-electron chi connectivity index (χ3n) is 3.92. The number of nitrogens with one attached hydrogen (secondary N) is 1. The molecule has 0 aromatic heterocycles. The summed E-state index contributed by atoms with van der Waals surface area (Å²) in [5, 5.41) is 2.84. The molecule has 1 fully saturated rings. The lowest BCUT2D eigenvalue weighted by atomic mass is 9.96. The first-order valence-corrected chi connectivity index (χ1v) is 7.13. The summed E-state index contributed by atoms with van der Waals surface area (Å²) >= 11 is 0. The molecule has 0 bridgehead atoms. The standard InChI is InChI=1S/C15H22N4O2/c1-10-2-3-12(8-13(10)16)18-14(20)9-19-6-4-11(5-7-19)15(17)21/h2-3,8,11H,4-7,9,16H2,1H3,(H2,17,21)(H,18,20). The largest absolute Gasteiger partial charge is 0.398 e. The van der Waals surface area contributed by atoms with Crippen LogP contribution in [0.5, 0.6) is 0 Å². The molecule has 1 aliphatic heterocycles. The fraction of sp³-hybridized carbons (Fsp3) is 0.467. The van der Waals surface area contributed by atoms with Gasteiger partial charge in [0.25, 0.3) is 0 Å². The maximum Gasteiger partial charge on any atom is 0.238 e. The van der Waals surface area contributed by atoms with Crippen molar-refractivity contribution in [2.45, 2.75) is 19.8 Å². The quantitative estimate of drug-likeness (QED) is 0.711. The van der Waals surface area contributed by atoms with Gasteiger partial charge in [0.2, 0.25) is 11.8 Å². The fourth-order valence-electron chi connectivity index (χ4n) is 2.50. The SMILES string of the molecule is Cc1ccc(NC(=O)CN2CCC(C(N)=O)CC2)cc1N. The third-order valence-corrected chi connectivity index (χ3v) is 3.92. The minimum atomic E-state index is -0.241. The molecule has 0 atom stereocenters. The second kappa shape index (κ2) is 6.58. The van der Waals surface area contributed by atoms with E-state index >= 15 is 0 Å². The molecule has 21 heavy (non-hydrogen) atoms. The first-order chi connectivity index (χ1) is 9.95. The van der Waals surface area contributed by atoms with E-state index in [0.29, 0.717) is 17.9 Å². The number of aryl methyl sites for hydroxylation is 1. The molecular weight excluding hydrogens is 268 g/mol. The van der Waals surface area contributed by atoms with Crippen LogP contribution in [0, 0.1) is 12.8 Å². The van der Waals surface area contributed by atoms with Crippen molar-refractivity contribution in [1.29, 1.82) is 0 Å². The topological polar surface area (TPSA) is 101 Å². The molecule has 1 aromatic rings. The number of rotatable bonds is 4. The molecule has 0 unspecified atom stereocenters. The lowest BCUT2D eigenvalue weighted by molar-refractivity contribution is -0.123. The zero-order valence-electron chi connectivity index (χ0n) is 12.3. The molecule has 6 heteroatoms. The summed E-state index contributed by atoms with van der Waals surface area (Å²) in [6.07, 6.45) is 1.44. The molecule has 0 aliphatic carbocycles. The molecule has 5 N–H and O–H groups in total. The van der Waals surface area contributed by atoms with Crippen molar-refractivity contribution in [3.63, 3.8) is 0 Å². The van der Waals surface area contributed by atoms with Gasteiger partial charge in [-0.05, 0) is 50.6 Å². The molecule has 6 nitrogen and oxygen atoms in total. The van der Waals surface area contributed by atoms with E-state index in [0.717, 1.165) is 31.5 Å². The number of benzene rings is 1. The van der Waals surface area contributed by atoms with Crippen LogP contribution in [0.3, 0.4) is 0 Å². The van der Waals surface area contributed by atoms with Crippen LogP contribution in [0.2, 0.25) is 0 Å². The minimum absolute atomic E-state index is 0.0544. The van der Waals surface area contributed by atoms with Gasteiger partial charge in [-0.2, -0.15) is 0 Å². The lowest BCUT2D eigenvalue weighted by Crippen LogP contribution is -2.42. The summed E-state index contributed by atoms with van der Waals surface area (Å²) in [7, 11) is 0. The Kier molecular flexibility index (Phi) is 4.80. The third kappa shape index (κ3) is 4.19. The number of hydrogen-bond donors (Lipinski definition) is 3. The normalized spacial score (nSPS) is 16.6. The molecule has 2 rings (SSSR count). The Morgan fingerprint density at radius 1 is 1.33 bits per heavy atom. The number of likely N-dealkylation sites (tertiary alicyclic amines) is 1. The van der Waals surface area contributed by atoms with Gasteiger partial charge in [-0.3, -0.25) is 14.5 Å². The smallest absolute Gasteiger partial charge is 0.238 e. The lowest BCUT2D eigenvalue weighted by Gasteiger charge is -2.29. The van der Waals surface area contributed by atoms with Crippen molar-refractivity contribution in [2.75, 3.05) is 30.7 Å². The van der Waals surface area contributed by atoms with Crippen LogP contribution in [-0.4, -0.2) is 36.3 Å². The van der Waals surface area contributed by atoms with Crippen LogP contribution in [0.1, 0.15) is 18.4 Å². The zero-order chi connectivity index (χ0) is 15.4. The molecule has 1 heterocycles. The average molecular weight is 290 g/mol. The van der Waals surface area contributed by atoms with E-state index in [1.807, 2.05) is 24.0 Å². The minimum Gasteiger partial charge on any atom is -0.398 e. The number of amides is 2. The van der Waals surface area contributed by atoms with Crippen molar-refractivity contribution in [3.8, 4) is 0 Å². The number of nitrogen functional groups attached to an aromatic ring is 1. The van der Waals surface area contributed by atoms with Gasteiger partial charge in [0.1, 0.15) is 0 Å². The van der Waals surface area contributed by atoms with Gasteiger partial charge in [0.05, 0.1) is 6.54 Å². The van der Waals surface area contributed by atoms with Gasteiger partial charge in [-0.25, -0.2) is 0 Å². The van der Waals surface area contributed by atoms with E-state index in [4.69, 9.17) is 11.5 Å². The summed E-state index contributed by atoms with van der Waals surface area (Å²) in [4.78, 5) is 25.1. The molecule has 0 radical (unpaired) electrons. The van der Waals surface area contributed by atoms with Crippen LogP contribution in [0.25, 0.3) is 0 Å². The first kappa shape index (κ1) is 15.3.